The van der Waals surface area contributed by atoms with Gasteiger partial charge in [-0.2, -0.15) is 5.26 Å². The maximum Gasteiger partial charge on any atom is 0.268 e. The van der Waals surface area contributed by atoms with Crippen molar-refractivity contribution in [3.63, 3.8) is 0 Å². The lowest BCUT2D eigenvalue weighted by Crippen LogP contribution is -2.23. The molecular weight excluding hydrogens is 220 g/mol. The Morgan fingerprint density at radius 1 is 1.44 bits per heavy atom. The first kappa shape index (κ1) is 10.9. The average Bonchev–Trinajstić information content (AvgIpc) is 2.56. The quantitative estimate of drug-likeness (QED) is 0.799. The number of fused-ring (bicyclic) bond motifs is 1. The average molecular weight is 232 g/mol. The van der Waals surface area contributed by atoms with E-state index in [1.807, 2.05) is 38.1 Å². The molecule has 0 saturated heterocycles. The monoisotopic (exact) mass is 232 g/mol. The molecule has 2 aromatic rings. The van der Waals surface area contributed by atoms with Crippen LogP contribution in [0.2, 0.25) is 0 Å². The number of aromatic nitrogens is 1. The lowest BCUT2D eigenvalue weighted by atomic mass is 9.96. The Hall–Kier alpha value is -1.60. The fraction of sp³-hybridized carbons (Fsp3) is 0.333. The van der Waals surface area contributed by atoms with Crippen molar-refractivity contribution in [3.8, 4) is 6.07 Å². The van der Waals surface area contributed by atoms with Gasteiger partial charge in [-0.3, -0.25) is 8.75 Å². The number of nitrogens with zero attached hydrogens (tertiary/aromatic N) is 2. The molecule has 3 nitrogen and oxygen atoms in total. The summed E-state index contributed by atoms with van der Waals surface area (Å²) >= 11 is 1.42. The highest BCUT2D eigenvalue weighted by atomic mass is 32.1. The van der Waals surface area contributed by atoms with E-state index in [-0.39, 0.29) is 5.56 Å². The van der Waals surface area contributed by atoms with E-state index in [9.17, 15) is 4.79 Å². The fourth-order valence-electron chi connectivity index (χ4n) is 1.52. The SMILES string of the molecule is CC(C)(C#N)Cn1sc2ccccc2c1=O. The Balaban J connectivity index is 2.52. The van der Waals surface area contributed by atoms with Crippen LogP contribution in [-0.4, -0.2) is 3.96 Å². The summed E-state index contributed by atoms with van der Waals surface area (Å²) in [6, 6.07) is 9.73. The highest BCUT2D eigenvalue weighted by molar-refractivity contribution is 7.13. The normalized spacial score (nSPS) is 11.6. The van der Waals surface area contributed by atoms with Crippen LogP contribution in [0.1, 0.15) is 13.8 Å². The molecule has 0 bridgehead atoms. The topological polar surface area (TPSA) is 45.8 Å². The minimum atomic E-state index is -0.509. The maximum absolute atomic E-state index is 12.0. The van der Waals surface area contributed by atoms with Crippen LogP contribution in [0.3, 0.4) is 0 Å². The van der Waals surface area contributed by atoms with Gasteiger partial charge in [-0.1, -0.05) is 23.7 Å². The van der Waals surface area contributed by atoms with Crippen molar-refractivity contribution in [1.29, 1.82) is 5.26 Å². The molecule has 1 aromatic carbocycles. The second-order valence-corrected chi connectivity index (χ2v) is 5.49. The minimum absolute atomic E-state index is 0.00363. The number of hydrogen-bond donors (Lipinski definition) is 0. The van der Waals surface area contributed by atoms with Crippen LogP contribution in [0.25, 0.3) is 10.1 Å². The van der Waals surface area contributed by atoms with E-state index in [2.05, 4.69) is 6.07 Å². The molecule has 0 aliphatic carbocycles. The third-order valence-electron chi connectivity index (χ3n) is 2.39. The number of nitriles is 1. The van der Waals surface area contributed by atoms with Crippen molar-refractivity contribution < 1.29 is 0 Å². The van der Waals surface area contributed by atoms with Crippen LogP contribution in [0, 0.1) is 16.7 Å². The summed E-state index contributed by atoms with van der Waals surface area (Å²) in [4.78, 5) is 12.0. The lowest BCUT2D eigenvalue weighted by molar-refractivity contribution is 0.421. The van der Waals surface area contributed by atoms with Gasteiger partial charge in [0, 0.05) is 0 Å². The van der Waals surface area contributed by atoms with Crippen molar-refractivity contribution in [2.24, 2.45) is 5.41 Å². The van der Waals surface area contributed by atoms with Crippen molar-refractivity contribution in [2.45, 2.75) is 20.4 Å². The van der Waals surface area contributed by atoms with E-state index < -0.39 is 5.41 Å². The molecule has 0 fully saturated rings. The highest BCUT2D eigenvalue weighted by Crippen LogP contribution is 2.21. The first-order valence-corrected chi connectivity index (χ1v) is 5.81. The van der Waals surface area contributed by atoms with Crippen LogP contribution < -0.4 is 5.56 Å². The summed E-state index contributed by atoms with van der Waals surface area (Å²) in [5.74, 6) is 0. The third-order valence-corrected chi connectivity index (χ3v) is 3.46. The van der Waals surface area contributed by atoms with Crippen molar-refractivity contribution in [3.05, 3.63) is 34.6 Å². The molecule has 0 saturated carbocycles. The first-order valence-electron chi connectivity index (χ1n) is 5.04. The van der Waals surface area contributed by atoms with Gasteiger partial charge < -0.3 is 0 Å². The van der Waals surface area contributed by atoms with Gasteiger partial charge in [-0.05, 0) is 26.0 Å². The summed E-state index contributed by atoms with van der Waals surface area (Å²) in [6.45, 7) is 4.12. The Labute approximate surface area is 97.7 Å². The summed E-state index contributed by atoms with van der Waals surface area (Å²) < 4.78 is 2.63. The van der Waals surface area contributed by atoms with E-state index in [0.717, 1.165) is 10.1 Å². The Kier molecular flexibility index (Phi) is 2.56. The molecule has 0 atom stereocenters. The smallest absolute Gasteiger partial charge is 0.268 e. The fourth-order valence-corrected chi connectivity index (χ4v) is 2.72. The molecule has 1 aromatic heterocycles. The largest absolute Gasteiger partial charge is 0.268 e. The number of rotatable bonds is 2. The second-order valence-electron chi connectivity index (χ2n) is 4.42. The van der Waals surface area contributed by atoms with Crippen LogP contribution in [0.5, 0.6) is 0 Å². The van der Waals surface area contributed by atoms with Gasteiger partial charge in [0.1, 0.15) is 0 Å². The molecule has 0 aliphatic rings. The Morgan fingerprint density at radius 3 is 2.75 bits per heavy atom. The summed E-state index contributed by atoms with van der Waals surface area (Å²) in [5, 5.41) is 9.70. The zero-order chi connectivity index (χ0) is 11.8. The van der Waals surface area contributed by atoms with E-state index >= 15 is 0 Å². The molecule has 16 heavy (non-hydrogen) atoms. The van der Waals surface area contributed by atoms with Crippen LogP contribution in [0.4, 0.5) is 0 Å². The van der Waals surface area contributed by atoms with Gasteiger partial charge in [0.25, 0.3) is 5.56 Å². The van der Waals surface area contributed by atoms with Gasteiger partial charge in [-0.15, -0.1) is 0 Å². The van der Waals surface area contributed by atoms with Gasteiger partial charge in [-0.25, -0.2) is 0 Å². The van der Waals surface area contributed by atoms with Crippen LogP contribution in [0.15, 0.2) is 29.1 Å². The standard InChI is InChI=1S/C12H12N2OS/c1-12(2,7-13)8-14-11(15)9-5-3-4-6-10(9)16-14/h3-6H,8H2,1-2H3. The first-order chi connectivity index (χ1) is 7.53. The molecule has 1 heterocycles. The van der Waals surface area contributed by atoms with E-state index in [4.69, 9.17) is 5.26 Å². The molecule has 0 aliphatic heterocycles. The lowest BCUT2D eigenvalue weighted by Gasteiger charge is -2.13. The molecule has 0 spiro atoms. The summed E-state index contributed by atoms with van der Waals surface area (Å²) in [5.41, 5.74) is -0.506. The van der Waals surface area contributed by atoms with E-state index in [1.54, 1.807) is 3.96 Å². The number of benzene rings is 1. The van der Waals surface area contributed by atoms with E-state index in [0.29, 0.717) is 6.54 Å². The molecule has 2 rings (SSSR count). The Bertz CT molecular complexity index is 616. The van der Waals surface area contributed by atoms with Gasteiger partial charge >= 0.3 is 0 Å². The predicted molar refractivity (Wildman–Crippen MR) is 65.5 cm³/mol. The summed E-state index contributed by atoms with van der Waals surface area (Å²) in [7, 11) is 0. The maximum atomic E-state index is 12.0. The molecule has 0 radical (unpaired) electrons. The van der Waals surface area contributed by atoms with Gasteiger partial charge in [0.05, 0.1) is 28.1 Å². The van der Waals surface area contributed by atoms with Gasteiger partial charge in [0.15, 0.2) is 0 Å². The van der Waals surface area contributed by atoms with Crippen LogP contribution in [-0.2, 0) is 6.54 Å². The zero-order valence-electron chi connectivity index (χ0n) is 9.23. The van der Waals surface area contributed by atoms with Crippen LogP contribution >= 0.6 is 11.5 Å². The Morgan fingerprint density at radius 2 is 2.12 bits per heavy atom. The highest BCUT2D eigenvalue weighted by Gasteiger charge is 2.19. The summed E-state index contributed by atoms with van der Waals surface area (Å²) in [6.07, 6.45) is 0. The van der Waals surface area contributed by atoms with Gasteiger partial charge in [0.2, 0.25) is 0 Å². The minimum Gasteiger partial charge on any atom is -0.268 e. The molecule has 4 heteroatoms. The van der Waals surface area contributed by atoms with Crippen molar-refractivity contribution in [2.75, 3.05) is 0 Å². The predicted octanol–water partition coefficient (Wildman–Crippen LogP) is 2.61. The van der Waals surface area contributed by atoms with Crippen molar-refractivity contribution in [1.82, 2.24) is 3.96 Å². The molecule has 0 N–H and O–H groups in total. The zero-order valence-corrected chi connectivity index (χ0v) is 10.0. The molecule has 82 valence electrons. The second kappa shape index (κ2) is 3.76. The molecule has 0 amide bonds. The number of hydrogen-bond acceptors (Lipinski definition) is 3. The molecular formula is C12H12N2OS. The van der Waals surface area contributed by atoms with Crippen molar-refractivity contribution >= 4 is 21.6 Å². The third kappa shape index (κ3) is 1.86. The van der Waals surface area contributed by atoms with E-state index in [1.165, 1.54) is 11.5 Å². The molecule has 0 unspecified atom stereocenters.